The molecule has 0 saturated heterocycles. The largest absolute Gasteiger partial charge is 0.492 e. The highest BCUT2D eigenvalue weighted by Gasteiger charge is 2.11. The molecule has 2 aromatic rings. The first-order valence-corrected chi connectivity index (χ1v) is 6.18. The van der Waals surface area contributed by atoms with Crippen LogP contribution in [0.25, 0.3) is 0 Å². The Hall–Kier alpha value is -2.17. The lowest BCUT2D eigenvalue weighted by atomic mass is 10.2. The molecular formula is C14H17N3O2. The molecule has 0 fully saturated rings. The Bertz CT molecular complexity index is 590. The van der Waals surface area contributed by atoms with Gasteiger partial charge in [0.1, 0.15) is 12.4 Å². The molecule has 0 aliphatic heterocycles. The molecule has 0 atom stereocenters. The maximum absolute atomic E-state index is 11.3. The summed E-state index contributed by atoms with van der Waals surface area (Å²) < 4.78 is 7.33. The van der Waals surface area contributed by atoms with Crippen molar-refractivity contribution in [2.75, 3.05) is 6.61 Å². The van der Waals surface area contributed by atoms with Crippen LogP contribution in [0.2, 0.25) is 0 Å². The number of carbonyl (C=O) groups is 1. The van der Waals surface area contributed by atoms with E-state index >= 15 is 0 Å². The molecular weight excluding hydrogens is 242 g/mol. The van der Waals surface area contributed by atoms with Gasteiger partial charge < -0.3 is 4.74 Å². The molecule has 0 radical (unpaired) electrons. The lowest BCUT2D eigenvalue weighted by molar-refractivity contribution is 0.101. The van der Waals surface area contributed by atoms with Gasteiger partial charge in [0.15, 0.2) is 11.5 Å². The van der Waals surface area contributed by atoms with E-state index in [0.29, 0.717) is 18.8 Å². The van der Waals surface area contributed by atoms with Crippen molar-refractivity contribution in [1.82, 2.24) is 15.0 Å². The number of rotatable bonds is 5. The van der Waals surface area contributed by atoms with Crippen LogP contribution in [0.4, 0.5) is 0 Å². The van der Waals surface area contributed by atoms with Gasteiger partial charge in [0, 0.05) is 6.92 Å². The van der Waals surface area contributed by atoms with Crippen LogP contribution in [0.5, 0.6) is 5.75 Å². The number of hydrogen-bond donors (Lipinski definition) is 0. The second-order valence-corrected chi connectivity index (χ2v) is 4.47. The number of benzene rings is 1. The SMILES string of the molecule is CC(=O)c1nnn(CCOc2cccc(C)c2)c1C. The third-order valence-electron chi connectivity index (χ3n) is 2.88. The van der Waals surface area contributed by atoms with Gasteiger partial charge in [-0.25, -0.2) is 4.68 Å². The zero-order valence-corrected chi connectivity index (χ0v) is 11.4. The Labute approximate surface area is 112 Å². The summed E-state index contributed by atoms with van der Waals surface area (Å²) in [5.74, 6) is 0.771. The number of ketones is 1. The molecule has 0 spiro atoms. The fourth-order valence-electron chi connectivity index (χ4n) is 1.85. The second kappa shape index (κ2) is 5.65. The summed E-state index contributed by atoms with van der Waals surface area (Å²) in [5, 5.41) is 7.81. The van der Waals surface area contributed by atoms with Gasteiger partial charge in [-0.1, -0.05) is 17.3 Å². The van der Waals surface area contributed by atoms with E-state index in [1.54, 1.807) is 4.68 Å². The van der Waals surface area contributed by atoms with Crippen molar-refractivity contribution in [3.8, 4) is 5.75 Å². The summed E-state index contributed by atoms with van der Waals surface area (Å²) in [6.45, 7) is 6.41. The normalized spacial score (nSPS) is 10.5. The van der Waals surface area contributed by atoms with Crippen molar-refractivity contribution in [2.45, 2.75) is 27.3 Å². The number of aryl methyl sites for hydroxylation is 1. The average molecular weight is 259 g/mol. The Balaban J connectivity index is 1.94. The zero-order valence-electron chi connectivity index (χ0n) is 11.4. The van der Waals surface area contributed by atoms with Gasteiger partial charge in [-0.2, -0.15) is 0 Å². The molecule has 0 amide bonds. The number of Topliss-reactive ketones (excluding diaryl/α,β-unsaturated/α-hetero) is 1. The number of carbonyl (C=O) groups excluding carboxylic acids is 1. The minimum absolute atomic E-state index is 0.0663. The van der Waals surface area contributed by atoms with Crippen LogP contribution in [0.15, 0.2) is 24.3 Å². The summed E-state index contributed by atoms with van der Waals surface area (Å²) in [6, 6.07) is 7.88. The van der Waals surface area contributed by atoms with Crippen LogP contribution in [-0.2, 0) is 6.54 Å². The van der Waals surface area contributed by atoms with E-state index in [2.05, 4.69) is 10.3 Å². The molecule has 1 aromatic carbocycles. The second-order valence-electron chi connectivity index (χ2n) is 4.47. The van der Waals surface area contributed by atoms with Crippen LogP contribution in [0, 0.1) is 13.8 Å². The van der Waals surface area contributed by atoms with E-state index < -0.39 is 0 Å². The monoisotopic (exact) mass is 259 g/mol. The number of ether oxygens (including phenoxy) is 1. The summed E-state index contributed by atoms with van der Waals surface area (Å²) in [4.78, 5) is 11.3. The van der Waals surface area contributed by atoms with E-state index in [4.69, 9.17) is 4.74 Å². The van der Waals surface area contributed by atoms with Gasteiger partial charge >= 0.3 is 0 Å². The van der Waals surface area contributed by atoms with Crippen LogP contribution in [0.3, 0.4) is 0 Å². The maximum Gasteiger partial charge on any atom is 0.181 e. The van der Waals surface area contributed by atoms with Gasteiger partial charge in [-0.3, -0.25) is 4.79 Å². The molecule has 0 aliphatic carbocycles. The lowest BCUT2D eigenvalue weighted by Gasteiger charge is -2.07. The Kier molecular flexibility index (Phi) is 3.94. The summed E-state index contributed by atoms with van der Waals surface area (Å²) in [6.07, 6.45) is 0. The highest BCUT2D eigenvalue weighted by molar-refractivity contribution is 5.92. The van der Waals surface area contributed by atoms with Gasteiger partial charge in [0.2, 0.25) is 0 Å². The van der Waals surface area contributed by atoms with Gasteiger partial charge in [0.05, 0.1) is 12.2 Å². The molecule has 100 valence electrons. The van der Waals surface area contributed by atoms with Crippen molar-refractivity contribution in [3.05, 3.63) is 41.2 Å². The van der Waals surface area contributed by atoms with E-state index in [1.165, 1.54) is 6.92 Å². The average Bonchev–Trinajstić information content (AvgIpc) is 2.71. The third-order valence-corrected chi connectivity index (χ3v) is 2.88. The standard InChI is InChI=1S/C14H17N3O2/c1-10-5-4-6-13(9-10)19-8-7-17-11(2)14(12(3)18)15-16-17/h4-6,9H,7-8H2,1-3H3. The topological polar surface area (TPSA) is 57.0 Å². The van der Waals surface area contributed by atoms with Gasteiger partial charge in [-0.15, -0.1) is 5.10 Å². The molecule has 5 nitrogen and oxygen atoms in total. The Morgan fingerprint density at radius 1 is 1.37 bits per heavy atom. The molecule has 1 heterocycles. The molecule has 1 aromatic heterocycles. The quantitative estimate of drug-likeness (QED) is 0.772. The fraction of sp³-hybridized carbons (Fsp3) is 0.357. The van der Waals surface area contributed by atoms with E-state index in [-0.39, 0.29) is 5.78 Å². The number of hydrogen-bond acceptors (Lipinski definition) is 4. The summed E-state index contributed by atoms with van der Waals surface area (Å²) >= 11 is 0. The van der Waals surface area contributed by atoms with Crippen LogP contribution in [-0.4, -0.2) is 27.4 Å². The van der Waals surface area contributed by atoms with E-state index in [0.717, 1.165) is 17.0 Å². The van der Waals surface area contributed by atoms with Gasteiger partial charge in [-0.05, 0) is 31.5 Å². The predicted molar refractivity (Wildman–Crippen MR) is 71.4 cm³/mol. The van der Waals surface area contributed by atoms with Crippen molar-refractivity contribution in [3.63, 3.8) is 0 Å². The molecule has 0 aliphatic rings. The highest BCUT2D eigenvalue weighted by atomic mass is 16.5. The van der Waals surface area contributed by atoms with Crippen LogP contribution >= 0.6 is 0 Å². The molecule has 2 rings (SSSR count). The molecule has 5 heteroatoms. The first kappa shape index (κ1) is 13.3. The van der Waals surface area contributed by atoms with Crippen molar-refractivity contribution in [1.29, 1.82) is 0 Å². The summed E-state index contributed by atoms with van der Waals surface area (Å²) in [7, 11) is 0. The minimum atomic E-state index is -0.0663. The molecule has 0 unspecified atom stereocenters. The first-order chi connectivity index (χ1) is 9.08. The zero-order chi connectivity index (χ0) is 13.8. The Morgan fingerprint density at radius 2 is 2.16 bits per heavy atom. The summed E-state index contributed by atoms with van der Waals surface area (Å²) in [5.41, 5.74) is 2.37. The first-order valence-electron chi connectivity index (χ1n) is 6.18. The fourth-order valence-corrected chi connectivity index (χ4v) is 1.85. The highest BCUT2D eigenvalue weighted by Crippen LogP contribution is 2.12. The Morgan fingerprint density at radius 3 is 2.79 bits per heavy atom. The van der Waals surface area contributed by atoms with Crippen molar-refractivity contribution < 1.29 is 9.53 Å². The smallest absolute Gasteiger partial charge is 0.181 e. The number of aromatic nitrogens is 3. The van der Waals surface area contributed by atoms with Crippen molar-refractivity contribution >= 4 is 5.78 Å². The molecule has 0 saturated carbocycles. The minimum Gasteiger partial charge on any atom is -0.492 e. The predicted octanol–water partition coefficient (Wildman–Crippen LogP) is 2.18. The number of nitrogens with zero attached hydrogens (tertiary/aromatic N) is 3. The molecule has 19 heavy (non-hydrogen) atoms. The lowest BCUT2D eigenvalue weighted by Crippen LogP contribution is -2.11. The van der Waals surface area contributed by atoms with Crippen LogP contribution < -0.4 is 4.74 Å². The molecule has 0 bridgehead atoms. The van der Waals surface area contributed by atoms with E-state index in [1.807, 2.05) is 38.1 Å². The maximum atomic E-state index is 11.3. The van der Waals surface area contributed by atoms with E-state index in [9.17, 15) is 4.79 Å². The van der Waals surface area contributed by atoms with Crippen molar-refractivity contribution in [2.24, 2.45) is 0 Å². The molecule has 0 N–H and O–H groups in total. The third kappa shape index (κ3) is 3.19. The van der Waals surface area contributed by atoms with Crippen LogP contribution in [0.1, 0.15) is 28.7 Å². The van der Waals surface area contributed by atoms with Gasteiger partial charge in [0.25, 0.3) is 0 Å².